The molecule has 1 fully saturated rings. The summed E-state index contributed by atoms with van der Waals surface area (Å²) in [7, 11) is 0. The first kappa shape index (κ1) is 6.33. The Morgan fingerprint density at radius 1 is 1.75 bits per heavy atom. The smallest absolute Gasteiger partial charge is 0.0969 e. The molecule has 0 radical (unpaired) electrons. The summed E-state index contributed by atoms with van der Waals surface area (Å²) < 4.78 is 5.03. The molecule has 1 aliphatic heterocycles. The minimum atomic E-state index is -0.114. The molecular weight excluding hydrogens is 128 g/mol. The van der Waals surface area contributed by atoms with Crippen LogP contribution in [0.3, 0.4) is 0 Å². The molecular formula is C5H9ClO2. The van der Waals surface area contributed by atoms with Crippen molar-refractivity contribution in [2.24, 2.45) is 0 Å². The van der Waals surface area contributed by atoms with Crippen molar-refractivity contribution in [1.29, 1.82) is 0 Å². The summed E-state index contributed by atoms with van der Waals surface area (Å²) in [6.07, 6.45) is 0.754. The maximum Gasteiger partial charge on any atom is 0.0969 e. The van der Waals surface area contributed by atoms with Gasteiger partial charge in [-0.15, -0.1) is 11.6 Å². The lowest BCUT2D eigenvalue weighted by Crippen LogP contribution is -2.19. The molecule has 1 heterocycles. The normalized spacial score (nSPS) is 38.2. The van der Waals surface area contributed by atoms with Crippen molar-refractivity contribution in [2.45, 2.75) is 17.9 Å². The maximum atomic E-state index is 8.53. The molecule has 0 saturated carbocycles. The van der Waals surface area contributed by atoms with E-state index in [9.17, 15) is 0 Å². The molecule has 3 heteroatoms. The first-order valence-corrected chi connectivity index (χ1v) is 3.15. The molecule has 0 amide bonds. The van der Waals surface area contributed by atoms with Crippen molar-refractivity contribution >= 4 is 11.6 Å². The van der Waals surface area contributed by atoms with Crippen LogP contribution in [0.25, 0.3) is 0 Å². The molecule has 0 aliphatic carbocycles. The third-order valence-electron chi connectivity index (χ3n) is 1.31. The van der Waals surface area contributed by atoms with Crippen molar-refractivity contribution in [3.05, 3.63) is 0 Å². The molecule has 1 rings (SSSR count). The van der Waals surface area contributed by atoms with E-state index in [0.29, 0.717) is 6.61 Å². The molecule has 2 atom stereocenters. The van der Waals surface area contributed by atoms with Crippen LogP contribution < -0.4 is 0 Å². The van der Waals surface area contributed by atoms with E-state index >= 15 is 0 Å². The third kappa shape index (κ3) is 1.13. The predicted octanol–water partition coefficient (Wildman–Crippen LogP) is 0.375. The summed E-state index contributed by atoms with van der Waals surface area (Å²) in [4.78, 5) is 0. The zero-order valence-corrected chi connectivity index (χ0v) is 5.27. The average Bonchev–Trinajstić information content (AvgIpc) is 2.14. The second-order valence-corrected chi connectivity index (χ2v) is 2.46. The van der Waals surface area contributed by atoms with E-state index in [1.54, 1.807) is 0 Å². The highest BCUT2D eigenvalue weighted by molar-refractivity contribution is 6.21. The lowest BCUT2D eigenvalue weighted by atomic mass is 10.2. The van der Waals surface area contributed by atoms with Crippen molar-refractivity contribution in [2.75, 3.05) is 13.2 Å². The fourth-order valence-electron chi connectivity index (χ4n) is 0.789. The number of halogens is 1. The molecule has 1 aliphatic rings. The van der Waals surface area contributed by atoms with Crippen LogP contribution in [0, 0.1) is 0 Å². The van der Waals surface area contributed by atoms with Gasteiger partial charge in [0.25, 0.3) is 0 Å². The molecule has 0 aromatic carbocycles. The van der Waals surface area contributed by atoms with E-state index in [1.165, 1.54) is 0 Å². The molecule has 1 N–H and O–H groups in total. The summed E-state index contributed by atoms with van der Waals surface area (Å²) in [6.45, 7) is 0.744. The summed E-state index contributed by atoms with van der Waals surface area (Å²) in [6, 6.07) is 0. The van der Waals surface area contributed by atoms with Gasteiger partial charge in [-0.05, 0) is 6.42 Å². The molecule has 8 heavy (non-hydrogen) atoms. The van der Waals surface area contributed by atoms with Crippen LogP contribution in [0.5, 0.6) is 0 Å². The van der Waals surface area contributed by atoms with Gasteiger partial charge in [0, 0.05) is 6.61 Å². The highest BCUT2D eigenvalue weighted by atomic mass is 35.5. The number of aliphatic hydroxyl groups excluding tert-OH is 1. The number of aliphatic hydroxyl groups is 1. The molecule has 0 spiro atoms. The zero-order chi connectivity index (χ0) is 5.98. The minimum Gasteiger partial charge on any atom is -0.394 e. The topological polar surface area (TPSA) is 29.5 Å². The Morgan fingerprint density at radius 3 is 2.75 bits per heavy atom. The zero-order valence-electron chi connectivity index (χ0n) is 4.51. The first-order valence-electron chi connectivity index (χ1n) is 2.71. The molecule has 0 aromatic rings. The summed E-state index contributed by atoms with van der Waals surface area (Å²) >= 11 is 5.69. The van der Waals surface area contributed by atoms with Crippen LogP contribution in [0.2, 0.25) is 0 Å². The molecule has 0 bridgehead atoms. The third-order valence-corrected chi connectivity index (χ3v) is 1.81. The quantitative estimate of drug-likeness (QED) is 0.528. The standard InChI is InChI=1S/C5H9ClO2/c6-4-1-2-8-5(4)3-7/h4-5,7H,1-3H2/t4-,5+/m0/s1. The molecule has 1 saturated heterocycles. The maximum absolute atomic E-state index is 8.53. The predicted molar refractivity (Wildman–Crippen MR) is 31.1 cm³/mol. The van der Waals surface area contributed by atoms with E-state index in [2.05, 4.69) is 0 Å². The van der Waals surface area contributed by atoms with Gasteiger partial charge < -0.3 is 9.84 Å². The van der Waals surface area contributed by atoms with Gasteiger partial charge >= 0.3 is 0 Å². The fraction of sp³-hybridized carbons (Fsp3) is 1.00. The van der Waals surface area contributed by atoms with Gasteiger partial charge in [0.05, 0.1) is 18.1 Å². The number of ether oxygens (including phenoxy) is 1. The highest BCUT2D eigenvalue weighted by Gasteiger charge is 2.24. The van der Waals surface area contributed by atoms with Gasteiger partial charge in [-0.25, -0.2) is 0 Å². The Hall–Kier alpha value is 0.210. The molecule has 2 nitrogen and oxygen atoms in total. The monoisotopic (exact) mass is 136 g/mol. The van der Waals surface area contributed by atoms with Gasteiger partial charge in [-0.1, -0.05) is 0 Å². The number of hydrogen-bond donors (Lipinski definition) is 1. The van der Waals surface area contributed by atoms with E-state index in [-0.39, 0.29) is 18.1 Å². The van der Waals surface area contributed by atoms with Crippen molar-refractivity contribution in [1.82, 2.24) is 0 Å². The van der Waals surface area contributed by atoms with E-state index < -0.39 is 0 Å². The van der Waals surface area contributed by atoms with Gasteiger partial charge in [-0.2, -0.15) is 0 Å². The van der Waals surface area contributed by atoms with Crippen LogP contribution >= 0.6 is 11.6 Å². The number of hydrogen-bond acceptors (Lipinski definition) is 2. The molecule has 0 unspecified atom stereocenters. The second kappa shape index (κ2) is 2.67. The number of alkyl halides is 1. The SMILES string of the molecule is OC[C@H]1OCC[C@@H]1Cl. The van der Waals surface area contributed by atoms with Gasteiger partial charge in [0.1, 0.15) is 0 Å². The minimum absolute atomic E-state index is 0.0278. The van der Waals surface area contributed by atoms with Crippen LogP contribution in [0.4, 0.5) is 0 Å². The van der Waals surface area contributed by atoms with E-state index in [4.69, 9.17) is 21.4 Å². The average molecular weight is 137 g/mol. The van der Waals surface area contributed by atoms with Gasteiger partial charge in [0.15, 0.2) is 0 Å². The second-order valence-electron chi connectivity index (χ2n) is 1.90. The number of rotatable bonds is 1. The first-order chi connectivity index (χ1) is 3.84. The lowest BCUT2D eigenvalue weighted by Gasteiger charge is -2.06. The van der Waals surface area contributed by atoms with Crippen molar-refractivity contribution < 1.29 is 9.84 Å². The van der Waals surface area contributed by atoms with Crippen molar-refractivity contribution in [3.8, 4) is 0 Å². The Labute approximate surface area is 53.4 Å². The summed E-state index contributed by atoms with van der Waals surface area (Å²) in [5.74, 6) is 0. The van der Waals surface area contributed by atoms with Gasteiger partial charge in [-0.3, -0.25) is 0 Å². The van der Waals surface area contributed by atoms with Crippen LogP contribution in [-0.2, 0) is 4.74 Å². The van der Waals surface area contributed by atoms with E-state index in [0.717, 1.165) is 6.42 Å². The Morgan fingerprint density at radius 2 is 2.50 bits per heavy atom. The molecule has 0 aromatic heterocycles. The fourth-order valence-corrected chi connectivity index (χ4v) is 1.03. The highest BCUT2D eigenvalue weighted by Crippen LogP contribution is 2.17. The summed E-state index contributed by atoms with van der Waals surface area (Å²) in [5, 5.41) is 8.55. The van der Waals surface area contributed by atoms with Gasteiger partial charge in [0.2, 0.25) is 0 Å². The summed E-state index contributed by atoms with van der Waals surface area (Å²) in [5.41, 5.74) is 0. The van der Waals surface area contributed by atoms with E-state index in [1.807, 2.05) is 0 Å². The lowest BCUT2D eigenvalue weighted by molar-refractivity contribution is 0.0604. The Bertz CT molecular complexity index is 76.8. The van der Waals surface area contributed by atoms with Crippen molar-refractivity contribution in [3.63, 3.8) is 0 Å². The van der Waals surface area contributed by atoms with Crippen LogP contribution in [0.1, 0.15) is 6.42 Å². The Balaban J connectivity index is 2.30. The Kier molecular flexibility index (Phi) is 2.11. The molecule has 48 valence electrons. The van der Waals surface area contributed by atoms with Crippen LogP contribution in [0.15, 0.2) is 0 Å². The van der Waals surface area contributed by atoms with Crippen LogP contribution in [-0.4, -0.2) is 29.8 Å². The largest absolute Gasteiger partial charge is 0.394 e.